The SMILES string of the molecule is Cc1cccc2c3ccccc3n(-c3cccc4sc5ccc(-n6c7ccccc7c7ccccc76)cc5c34)c12. The van der Waals surface area contributed by atoms with E-state index in [2.05, 4.69) is 143 Å². The van der Waals surface area contributed by atoms with Crippen LogP contribution in [0.3, 0.4) is 0 Å². The Morgan fingerprint density at radius 1 is 0.475 bits per heavy atom. The van der Waals surface area contributed by atoms with Gasteiger partial charge in [-0.1, -0.05) is 78.9 Å². The van der Waals surface area contributed by atoms with Gasteiger partial charge in [-0.25, -0.2) is 0 Å². The van der Waals surface area contributed by atoms with E-state index in [0.29, 0.717) is 0 Å². The molecule has 0 bridgehead atoms. The highest BCUT2D eigenvalue weighted by Crippen LogP contribution is 2.42. The lowest BCUT2D eigenvalue weighted by atomic mass is 10.1. The normalized spacial score (nSPS) is 12.1. The number of fused-ring (bicyclic) bond motifs is 9. The molecule has 6 aromatic carbocycles. The quantitative estimate of drug-likeness (QED) is 0.211. The van der Waals surface area contributed by atoms with Crippen LogP contribution < -0.4 is 0 Å². The van der Waals surface area contributed by atoms with Crippen LogP contribution in [-0.2, 0) is 0 Å². The molecule has 0 unspecified atom stereocenters. The molecule has 0 radical (unpaired) electrons. The molecule has 2 nitrogen and oxygen atoms in total. The highest BCUT2D eigenvalue weighted by atomic mass is 32.1. The van der Waals surface area contributed by atoms with Gasteiger partial charge in [0.15, 0.2) is 0 Å². The summed E-state index contributed by atoms with van der Waals surface area (Å²) >= 11 is 1.88. The number of aromatic nitrogens is 2. The van der Waals surface area contributed by atoms with Crippen molar-refractivity contribution in [2.45, 2.75) is 6.92 Å². The van der Waals surface area contributed by atoms with Crippen molar-refractivity contribution in [3.8, 4) is 11.4 Å². The maximum Gasteiger partial charge on any atom is 0.0570 e. The number of nitrogens with zero attached hydrogens (tertiary/aromatic N) is 2. The van der Waals surface area contributed by atoms with Crippen LogP contribution in [0, 0.1) is 6.92 Å². The van der Waals surface area contributed by atoms with Gasteiger partial charge in [0.2, 0.25) is 0 Å². The highest BCUT2D eigenvalue weighted by Gasteiger charge is 2.19. The standard InChI is InChI=1S/C37H24N2S/c1-23-10-8-14-28-27-13-4-7-17-32(27)39(37(23)28)33-18-9-19-35-36(33)29-22-24(20-21-34(29)40-35)38-30-15-5-2-11-25(30)26-12-3-6-16-31(26)38/h2-22H,1H3. The monoisotopic (exact) mass is 528 g/mol. The van der Waals surface area contributed by atoms with Gasteiger partial charge < -0.3 is 9.13 Å². The second-order valence-electron chi connectivity index (χ2n) is 10.6. The Hall–Kier alpha value is -4.86. The Balaban J connectivity index is 1.41. The second kappa shape index (κ2) is 8.08. The molecule has 40 heavy (non-hydrogen) atoms. The number of rotatable bonds is 2. The van der Waals surface area contributed by atoms with Gasteiger partial charge in [-0.3, -0.25) is 0 Å². The molecule has 0 aliphatic heterocycles. The van der Waals surface area contributed by atoms with Gasteiger partial charge in [0.1, 0.15) is 0 Å². The molecule has 188 valence electrons. The fourth-order valence-electron chi connectivity index (χ4n) is 6.76. The zero-order valence-electron chi connectivity index (χ0n) is 21.9. The number of hydrogen-bond acceptors (Lipinski definition) is 1. The molecule has 3 heteroatoms. The van der Waals surface area contributed by atoms with Crippen molar-refractivity contribution in [2.75, 3.05) is 0 Å². The summed E-state index contributed by atoms with van der Waals surface area (Å²) in [5, 5.41) is 7.79. The molecule has 9 aromatic rings. The summed E-state index contributed by atoms with van der Waals surface area (Å²) in [5.74, 6) is 0. The molecule has 0 saturated carbocycles. The molecule has 3 aromatic heterocycles. The molecule has 9 rings (SSSR count). The van der Waals surface area contributed by atoms with Crippen molar-refractivity contribution in [3.05, 3.63) is 133 Å². The maximum absolute atomic E-state index is 2.49. The lowest BCUT2D eigenvalue weighted by Gasteiger charge is -2.12. The van der Waals surface area contributed by atoms with Crippen LogP contribution in [0.2, 0.25) is 0 Å². The van der Waals surface area contributed by atoms with E-state index >= 15 is 0 Å². The third-order valence-electron chi connectivity index (χ3n) is 8.43. The summed E-state index contributed by atoms with van der Waals surface area (Å²) in [4.78, 5) is 0. The van der Waals surface area contributed by atoms with Gasteiger partial charge >= 0.3 is 0 Å². The minimum absolute atomic E-state index is 1.19. The molecule has 0 fully saturated rings. The van der Waals surface area contributed by atoms with Crippen molar-refractivity contribution in [2.24, 2.45) is 0 Å². The Morgan fingerprint density at radius 3 is 1.80 bits per heavy atom. The molecule has 0 aliphatic carbocycles. The summed E-state index contributed by atoms with van der Waals surface area (Å²) < 4.78 is 7.53. The number of benzene rings is 6. The van der Waals surface area contributed by atoms with E-state index in [1.807, 2.05) is 11.3 Å². The molecule has 0 N–H and O–H groups in total. The highest BCUT2D eigenvalue weighted by molar-refractivity contribution is 7.25. The first kappa shape index (κ1) is 22.0. The number of aryl methyl sites for hydroxylation is 1. The van der Waals surface area contributed by atoms with Crippen LogP contribution in [0.1, 0.15) is 5.56 Å². The van der Waals surface area contributed by atoms with Crippen LogP contribution in [0.15, 0.2) is 127 Å². The molecule has 0 atom stereocenters. The summed E-state index contributed by atoms with van der Waals surface area (Å²) in [6, 6.07) is 46.7. The number of para-hydroxylation sites is 4. The van der Waals surface area contributed by atoms with Crippen LogP contribution in [0.4, 0.5) is 0 Å². The van der Waals surface area contributed by atoms with Gasteiger partial charge in [-0.2, -0.15) is 0 Å². The summed E-state index contributed by atoms with van der Waals surface area (Å²) in [6.07, 6.45) is 0. The first-order chi connectivity index (χ1) is 19.8. The van der Waals surface area contributed by atoms with Crippen LogP contribution in [-0.4, -0.2) is 9.13 Å². The fourth-order valence-corrected chi connectivity index (χ4v) is 7.87. The molecule has 0 aliphatic rings. The van der Waals surface area contributed by atoms with Gasteiger partial charge in [0.05, 0.1) is 27.8 Å². The van der Waals surface area contributed by atoms with Crippen molar-refractivity contribution in [1.82, 2.24) is 9.13 Å². The van der Waals surface area contributed by atoms with Gasteiger partial charge in [-0.05, 0) is 61.0 Å². The van der Waals surface area contributed by atoms with E-state index in [4.69, 9.17) is 0 Å². The molecule has 0 amide bonds. The van der Waals surface area contributed by atoms with Gasteiger partial charge in [0, 0.05) is 47.4 Å². The minimum Gasteiger partial charge on any atom is -0.309 e. The van der Waals surface area contributed by atoms with E-state index in [1.165, 1.54) is 80.7 Å². The van der Waals surface area contributed by atoms with Crippen molar-refractivity contribution >= 4 is 75.1 Å². The topological polar surface area (TPSA) is 9.86 Å². The van der Waals surface area contributed by atoms with Crippen molar-refractivity contribution in [1.29, 1.82) is 0 Å². The summed E-state index contributed by atoms with van der Waals surface area (Å²) in [6.45, 7) is 2.23. The predicted molar refractivity (Wildman–Crippen MR) is 173 cm³/mol. The maximum atomic E-state index is 2.49. The van der Waals surface area contributed by atoms with Crippen molar-refractivity contribution < 1.29 is 0 Å². The Bertz CT molecular complexity index is 2400. The largest absolute Gasteiger partial charge is 0.309 e. The Morgan fingerprint density at radius 2 is 1.07 bits per heavy atom. The molecular formula is C37H24N2S. The first-order valence-electron chi connectivity index (χ1n) is 13.7. The molecule has 0 spiro atoms. The van der Waals surface area contributed by atoms with Crippen molar-refractivity contribution in [3.63, 3.8) is 0 Å². The summed E-state index contributed by atoms with van der Waals surface area (Å²) in [7, 11) is 0. The van der Waals surface area contributed by atoms with E-state index in [-0.39, 0.29) is 0 Å². The zero-order valence-corrected chi connectivity index (χ0v) is 22.7. The van der Waals surface area contributed by atoms with Crippen LogP contribution in [0.5, 0.6) is 0 Å². The fraction of sp³-hybridized carbons (Fsp3) is 0.0270. The third kappa shape index (κ3) is 2.87. The average molecular weight is 529 g/mol. The lowest BCUT2D eigenvalue weighted by molar-refractivity contribution is 1.18. The number of hydrogen-bond donors (Lipinski definition) is 0. The second-order valence-corrected chi connectivity index (χ2v) is 11.7. The van der Waals surface area contributed by atoms with Crippen LogP contribution in [0.25, 0.3) is 75.2 Å². The third-order valence-corrected chi connectivity index (χ3v) is 9.57. The zero-order chi connectivity index (χ0) is 26.4. The van der Waals surface area contributed by atoms with Crippen LogP contribution >= 0.6 is 11.3 Å². The molecular weight excluding hydrogens is 504 g/mol. The van der Waals surface area contributed by atoms with E-state index in [0.717, 1.165) is 0 Å². The van der Waals surface area contributed by atoms with Gasteiger partial charge in [-0.15, -0.1) is 11.3 Å². The van der Waals surface area contributed by atoms with E-state index in [1.54, 1.807) is 0 Å². The smallest absolute Gasteiger partial charge is 0.0570 e. The Labute approximate surface area is 234 Å². The first-order valence-corrected chi connectivity index (χ1v) is 14.5. The van der Waals surface area contributed by atoms with Gasteiger partial charge in [0.25, 0.3) is 0 Å². The molecule has 3 heterocycles. The Kier molecular flexibility index (Phi) is 4.44. The minimum atomic E-state index is 1.19. The van der Waals surface area contributed by atoms with E-state index < -0.39 is 0 Å². The van der Waals surface area contributed by atoms with E-state index in [9.17, 15) is 0 Å². The lowest BCUT2D eigenvalue weighted by Crippen LogP contribution is -1.96. The average Bonchev–Trinajstić information content (AvgIpc) is 3.65. The summed E-state index contributed by atoms with van der Waals surface area (Å²) in [5.41, 5.74) is 8.73. The molecule has 0 saturated heterocycles. The predicted octanol–water partition coefficient (Wildman–Crippen LogP) is 10.6. The number of thiophene rings is 1.